The Bertz CT molecular complexity index is 398. The Kier molecular flexibility index (Phi) is 2.53. The lowest BCUT2D eigenvalue weighted by Gasteiger charge is -2.50. The van der Waals surface area contributed by atoms with Gasteiger partial charge in [0.15, 0.2) is 0 Å². The molecule has 18 heavy (non-hydrogen) atoms. The van der Waals surface area contributed by atoms with Gasteiger partial charge in [-0.1, -0.05) is 0 Å². The molecule has 0 N–H and O–H groups in total. The summed E-state index contributed by atoms with van der Waals surface area (Å²) in [5, 5.41) is 0.466. The second-order valence-electron chi connectivity index (χ2n) is 6.46. The van der Waals surface area contributed by atoms with Gasteiger partial charge in [-0.25, -0.2) is 0 Å². The molecule has 5 aliphatic heterocycles. The second kappa shape index (κ2) is 4.01. The number of β-lactam (4-membered cyclic amide) rings is 1. The molecule has 0 aromatic heterocycles. The summed E-state index contributed by atoms with van der Waals surface area (Å²) >= 11 is 1.96. The minimum atomic E-state index is 0.321. The van der Waals surface area contributed by atoms with Crippen molar-refractivity contribution in [3.05, 3.63) is 11.8 Å². The lowest BCUT2D eigenvalue weighted by atomic mass is 9.85. The van der Waals surface area contributed by atoms with Crippen LogP contribution in [0.3, 0.4) is 0 Å². The fourth-order valence-electron chi connectivity index (χ4n) is 4.03. The van der Waals surface area contributed by atoms with E-state index >= 15 is 0 Å². The number of piperidine rings is 3. The maximum Gasteiger partial charge on any atom is 0.230 e. The highest BCUT2D eigenvalue weighted by atomic mass is 32.2. The van der Waals surface area contributed by atoms with Gasteiger partial charge in [-0.3, -0.25) is 4.79 Å². The number of carbonyl (C=O) groups excluding carboxylic acids is 1. The van der Waals surface area contributed by atoms with Crippen molar-refractivity contribution in [3.8, 4) is 0 Å². The molecule has 4 fully saturated rings. The highest BCUT2D eigenvalue weighted by Gasteiger charge is 2.42. The van der Waals surface area contributed by atoms with E-state index in [0.29, 0.717) is 11.3 Å². The lowest BCUT2D eigenvalue weighted by Crippen LogP contribution is -2.59. The van der Waals surface area contributed by atoms with Gasteiger partial charge in [0.1, 0.15) is 6.54 Å². The summed E-state index contributed by atoms with van der Waals surface area (Å²) in [4.78, 5) is 13.5. The van der Waals surface area contributed by atoms with E-state index < -0.39 is 0 Å². The van der Waals surface area contributed by atoms with Gasteiger partial charge in [0.25, 0.3) is 0 Å². The first-order valence-corrected chi connectivity index (χ1v) is 8.26. The van der Waals surface area contributed by atoms with E-state index in [2.05, 4.69) is 6.20 Å². The molecular formula is C14H21N2OS+. The zero-order valence-corrected chi connectivity index (χ0v) is 11.6. The van der Waals surface area contributed by atoms with Gasteiger partial charge in [-0.15, -0.1) is 11.8 Å². The van der Waals surface area contributed by atoms with Crippen LogP contribution in [0.15, 0.2) is 11.8 Å². The predicted octanol–water partition coefficient (Wildman–Crippen LogP) is 1.81. The second-order valence-corrected chi connectivity index (χ2v) is 7.63. The average molecular weight is 265 g/mol. The number of hydrogen-bond donors (Lipinski definition) is 0. The summed E-state index contributed by atoms with van der Waals surface area (Å²) in [5.41, 5.74) is 1.50. The number of nitrogens with zero attached hydrogens (tertiary/aromatic N) is 2. The number of amides is 1. The Morgan fingerprint density at radius 3 is 2.67 bits per heavy atom. The van der Waals surface area contributed by atoms with Crippen molar-refractivity contribution >= 4 is 17.7 Å². The number of rotatable bonds is 2. The van der Waals surface area contributed by atoms with Crippen molar-refractivity contribution < 1.29 is 9.28 Å². The molecular weight excluding hydrogens is 244 g/mol. The Balaban J connectivity index is 1.49. The van der Waals surface area contributed by atoms with E-state index in [1.165, 1.54) is 55.5 Å². The van der Waals surface area contributed by atoms with Gasteiger partial charge in [0.05, 0.1) is 31.4 Å². The van der Waals surface area contributed by atoms with Crippen molar-refractivity contribution in [2.45, 2.75) is 31.1 Å². The minimum Gasteiger partial charge on any atom is -0.320 e. The Morgan fingerprint density at radius 1 is 1.28 bits per heavy atom. The van der Waals surface area contributed by atoms with Crippen LogP contribution in [0, 0.1) is 5.92 Å². The van der Waals surface area contributed by atoms with Crippen LogP contribution in [0.4, 0.5) is 0 Å². The molecule has 0 aliphatic carbocycles. The zero-order chi connectivity index (χ0) is 12.2. The Labute approximate surface area is 113 Å². The fraction of sp³-hybridized carbons (Fsp3) is 0.786. The van der Waals surface area contributed by atoms with Gasteiger partial charge in [0.2, 0.25) is 5.91 Å². The molecule has 0 spiro atoms. The molecule has 3 nitrogen and oxygen atoms in total. The van der Waals surface area contributed by atoms with E-state index in [-0.39, 0.29) is 0 Å². The van der Waals surface area contributed by atoms with E-state index in [1.54, 1.807) is 0 Å². The number of hydrogen-bond acceptors (Lipinski definition) is 2. The van der Waals surface area contributed by atoms with E-state index in [0.717, 1.165) is 18.1 Å². The molecule has 0 radical (unpaired) electrons. The summed E-state index contributed by atoms with van der Waals surface area (Å²) in [5.74, 6) is 2.50. The van der Waals surface area contributed by atoms with Crippen molar-refractivity contribution in [1.29, 1.82) is 0 Å². The normalized spacial score (nSPS) is 42.3. The monoisotopic (exact) mass is 265 g/mol. The van der Waals surface area contributed by atoms with Crippen LogP contribution in [-0.2, 0) is 4.79 Å². The average Bonchev–Trinajstić information content (AvgIpc) is 2.41. The van der Waals surface area contributed by atoms with E-state index in [4.69, 9.17) is 0 Å². The van der Waals surface area contributed by atoms with Crippen molar-refractivity contribution in [2.24, 2.45) is 5.92 Å². The molecule has 2 bridgehead atoms. The van der Waals surface area contributed by atoms with Crippen molar-refractivity contribution in [3.63, 3.8) is 0 Å². The summed E-state index contributed by atoms with van der Waals surface area (Å²) in [6.45, 7) is 5.34. The molecule has 0 unspecified atom stereocenters. The zero-order valence-electron chi connectivity index (χ0n) is 10.8. The summed E-state index contributed by atoms with van der Waals surface area (Å²) in [7, 11) is 0. The fourth-order valence-corrected chi connectivity index (χ4v) is 5.20. The number of thioether (sulfide) groups is 1. The molecule has 5 heterocycles. The van der Waals surface area contributed by atoms with Gasteiger partial charge < -0.3 is 9.38 Å². The van der Waals surface area contributed by atoms with Gasteiger partial charge >= 0.3 is 0 Å². The van der Waals surface area contributed by atoms with Crippen LogP contribution in [0.25, 0.3) is 0 Å². The SMILES string of the molecule is O=C1C[C@H]2SCC(C[N+]34CCC(CC3)CC4)=CN12. The Morgan fingerprint density at radius 2 is 2.00 bits per heavy atom. The molecule has 0 aromatic rings. The topological polar surface area (TPSA) is 20.3 Å². The number of carbonyl (C=O) groups is 1. The first-order valence-electron chi connectivity index (χ1n) is 7.22. The van der Waals surface area contributed by atoms with Crippen LogP contribution in [-0.4, -0.2) is 52.6 Å². The molecule has 0 saturated carbocycles. The summed E-state index contributed by atoms with van der Waals surface area (Å²) < 4.78 is 1.32. The molecule has 4 saturated heterocycles. The van der Waals surface area contributed by atoms with Crippen LogP contribution >= 0.6 is 11.8 Å². The lowest BCUT2D eigenvalue weighted by molar-refractivity contribution is -0.938. The first-order chi connectivity index (χ1) is 8.74. The molecule has 5 rings (SSSR count). The molecule has 4 heteroatoms. The smallest absolute Gasteiger partial charge is 0.230 e. The van der Waals surface area contributed by atoms with Gasteiger partial charge in [0, 0.05) is 17.5 Å². The molecule has 1 atom stereocenters. The molecule has 0 aromatic carbocycles. The van der Waals surface area contributed by atoms with Crippen LogP contribution < -0.4 is 0 Å². The standard InChI is InChI=1S/C14H21N2OS/c17-13-7-14-15(13)8-12(10-18-14)9-16-4-1-11(2-5-16)3-6-16/h8,11,14H,1-7,9-10H2/q+1/t11?,14-,16?/m1/s1. The maximum atomic E-state index is 11.5. The third-order valence-electron chi connectivity index (χ3n) is 5.30. The summed E-state index contributed by atoms with van der Waals surface area (Å²) in [6.07, 6.45) is 7.25. The molecule has 5 aliphatic rings. The Hall–Kier alpha value is -0.480. The van der Waals surface area contributed by atoms with Crippen molar-refractivity contribution in [1.82, 2.24) is 4.90 Å². The maximum absolute atomic E-state index is 11.5. The highest BCUT2D eigenvalue weighted by molar-refractivity contribution is 8.00. The first kappa shape index (κ1) is 11.4. The molecule has 98 valence electrons. The van der Waals surface area contributed by atoms with Gasteiger partial charge in [-0.2, -0.15) is 0 Å². The van der Waals surface area contributed by atoms with E-state index in [1.807, 2.05) is 16.7 Å². The van der Waals surface area contributed by atoms with Crippen LogP contribution in [0.2, 0.25) is 0 Å². The third kappa shape index (κ3) is 1.73. The number of fused-ring (bicyclic) bond motifs is 4. The van der Waals surface area contributed by atoms with E-state index in [9.17, 15) is 4.79 Å². The molecule has 1 amide bonds. The summed E-state index contributed by atoms with van der Waals surface area (Å²) in [6, 6.07) is 0. The van der Waals surface area contributed by atoms with Crippen LogP contribution in [0.1, 0.15) is 25.7 Å². The largest absolute Gasteiger partial charge is 0.320 e. The van der Waals surface area contributed by atoms with Gasteiger partial charge in [-0.05, 0) is 25.2 Å². The quantitative estimate of drug-likeness (QED) is 0.560. The highest BCUT2D eigenvalue weighted by Crippen LogP contribution is 2.39. The third-order valence-corrected chi connectivity index (χ3v) is 6.62. The minimum absolute atomic E-state index is 0.321. The van der Waals surface area contributed by atoms with Crippen LogP contribution in [0.5, 0.6) is 0 Å². The van der Waals surface area contributed by atoms with Crippen molar-refractivity contribution in [2.75, 3.05) is 31.9 Å². The predicted molar refractivity (Wildman–Crippen MR) is 72.9 cm³/mol. The number of quaternary nitrogens is 1.